The molecule has 2 aromatic carbocycles. The molecule has 1 N–H and O–H groups in total. The van der Waals surface area contributed by atoms with Gasteiger partial charge in [-0.1, -0.05) is 53.7 Å². The molecule has 1 heterocycles. The zero-order valence-corrected chi connectivity index (χ0v) is 18.7. The molecule has 1 amide bonds. The number of thioether (sulfide) groups is 1. The number of para-hydroxylation sites is 2. The Morgan fingerprint density at radius 1 is 1.10 bits per heavy atom. The summed E-state index contributed by atoms with van der Waals surface area (Å²) < 4.78 is 7.46. The maximum atomic E-state index is 12.6. The van der Waals surface area contributed by atoms with Gasteiger partial charge in [-0.15, -0.1) is 10.2 Å². The average Bonchev–Trinajstić information content (AvgIpc) is 3.17. The topological polar surface area (TPSA) is 86.1 Å². The van der Waals surface area contributed by atoms with Crippen LogP contribution in [-0.2, 0) is 11.2 Å². The Hall–Kier alpha value is -3.13. The smallest absolute Gasteiger partial charge is 0.216 e. The van der Waals surface area contributed by atoms with Crippen LogP contribution in [0, 0.1) is 6.92 Å². The number of nitrogens with zero attached hydrogens (tertiary/aromatic N) is 3. The standard InChI is InChI=1S/C23H26N4O3S/c1-16-10-12-18(13-11-16)20(29)15-31-23-26-25-22(9-6-14-24-17(2)28)27(23)19-7-4-5-8-21(19)30-3/h4-5,7-8,10-13H,6,9,14-15H2,1-3H3,(H,24,28). The van der Waals surface area contributed by atoms with Crippen LogP contribution in [-0.4, -0.2) is 45.9 Å². The molecule has 0 atom stereocenters. The lowest BCUT2D eigenvalue weighted by molar-refractivity contribution is -0.118. The highest BCUT2D eigenvalue weighted by Gasteiger charge is 2.18. The molecule has 0 saturated carbocycles. The molecular formula is C23H26N4O3S. The molecule has 7 nitrogen and oxygen atoms in total. The van der Waals surface area contributed by atoms with Gasteiger partial charge in [-0.3, -0.25) is 14.2 Å². The van der Waals surface area contributed by atoms with Gasteiger partial charge in [-0.05, 0) is 25.5 Å². The third kappa shape index (κ3) is 5.95. The molecule has 0 aliphatic rings. The Labute approximate surface area is 186 Å². The van der Waals surface area contributed by atoms with E-state index in [9.17, 15) is 9.59 Å². The number of benzene rings is 2. The first-order chi connectivity index (χ1) is 15.0. The van der Waals surface area contributed by atoms with Crippen LogP contribution in [0.4, 0.5) is 0 Å². The van der Waals surface area contributed by atoms with Crippen LogP contribution in [0.25, 0.3) is 5.69 Å². The molecular weight excluding hydrogens is 412 g/mol. The quantitative estimate of drug-likeness (QED) is 0.296. The number of ketones is 1. The van der Waals surface area contributed by atoms with Gasteiger partial charge in [0.25, 0.3) is 0 Å². The Morgan fingerprint density at radius 2 is 1.84 bits per heavy atom. The van der Waals surface area contributed by atoms with E-state index < -0.39 is 0 Å². The molecule has 8 heteroatoms. The Kier molecular flexibility index (Phi) is 7.83. The molecule has 3 rings (SSSR count). The summed E-state index contributed by atoms with van der Waals surface area (Å²) in [5.41, 5.74) is 2.61. The number of ether oxygens (including phenoxy) is 1. The van der Waals surface area contributed by atoms with Crippen molar-refractivity contribution >= 4 is 23.5 Å². The molecule has 1 aromatic heterocycles. The van der Waals surface area contributed by atoms with Gasteiger partial charge >= 0.3 is 0 Å². The third-order valence-electron chi connectivity index (χ3n) is 4.68. The van der Waals surface area contributed by atoms with E-state index in [0.717, 1.165) is 23.5 Å². The summed E-state index contributed by atoms with van der Waals surface area (Å²) in [6, 6.07) is 15.2. The molecule has 0 saturated heterocycles. The van der Waals surface area contributed by atoms with Crippen molar-refractivity contribution in [2.45, 2.75) is 31.8 Å². The molecule has 162 valence electrons. The van der Waals surface area contributed by atoms with Crippen LogP contribution in [0.2, 0.25) is 0 Å². The van der Waals surface area contributed by atoms with Crippen LogP contribution in [0.3, 0.4) is 0 Å². The molecule has 31 heavy (non-hydrogen) atoms. The normalized spacial score (nSPS) is 10.7. The predicted octanol–water partition coefficient (Wildman–Crippen LogP) is 3.63. The van der Waals surface area contributed by atoms with E-state index in [1.807, 2.05) is 60.0 Å². The number of Topliss-reactive ketones (excluding diaryl/α,β-unsaturated/α-hetero) is 1. The van der Waals surface area contributed by atoms with Crippen molar-refractivity contribution in [2.24, 2.45) is 0 Å². The SMILES string of the molecule is COc1ccccc1-n1c(CCCNC(C)=O)nnc1SCC(=O)c1ccc(C)cc1. The number of hydrogen-bond acceptors (Lipinski definition) is 6. The molecule has 0 bridgehead atoms. The molecule has 0 unspecified atom stereocenters. The summed E-state index contributed by atoms with van der Waals surface area (Å²) in [6.07, 6.45) is 1.34. The minimum atomic E-state index is -0.0583. The van der Waals surface area contributed by atoms with Crippen molar-refractivity contribution in [1.82, 2.24) is 20.1 Å². The summed E-state index contributed by atoms with van der Waals surface area (Å²) in [5, 5.41) is 12.1. The minimum absolute atomic E-state index is 0.0341. The van der Waals surface area contributed by atoms with Gasteiger partial charge < -0.3 is 10.1 Å². The summed E-state index contributed by atoms with van der Waals surface area (Å²) in [4.78, 5) is 23.8. The van der Waals surface area contributed by atoms with Crippen LogP contribution >= 0.6 is 11.8 Å². The van der Waals surface area contributed by atoms with Crippen LogP contribution in [0.15, 0.2) is 53.7 Å². The van der Waals surface area contributed by atoms with Gasteiger partial charge in [0.15, 0.2) is 10.9 Å². The number of methoxy groups -OCH3 is 1. The second-order valence-electron chi connectivity index (χ2n) is 7.07. The first-order valence-electron chi connectivity index (χ1n) is 10.0. The van der Waals surface area contributed by atoms with Gasteiger partial charge in [-0.2, -0.15) is 0 Å². The first kappa shape index (κ1) is 22.6. The second-order valence-corrected chi connectivity index (χ2v) is 8.01. The van der Waals surface area contributed by atoms with Crippen LogP contribution < -0.4 is 10.1 Å². The lowest BCUT2D eigenvalue weighted by Gasteiger charge is -2.13. The monoisotopic (exact) mass is 438 g/mol. The average molecular weight is 439 g/mol. The number of amides is 1. The lowest BCUT2D eigenvalue weighted by atomic mass is 10.1. The summed E-state index contributed by atoms with van der Waals surface area (Å²) in [7, 11) is 1.62. The molecule has 0 fully saturated rings. The van der Waals surface area contributed by atoms with E-state index in [4.69, 9.17) is 4.74 Å². The van der Waals surface area contributed by atoms with Crippen molar-refractivity contribution in [2.75, 3.05) is 19.4 Å². The highest BCUT2D eigenvalue weighted by Crippen LogP contribution is 2.29. The van der Waals surface area contributed by atoms with Crippen molar-refractivity contribution < 1.29 is 14.3 Å². The van der Waals surface area contributed by atoms with Crippen molar-refractivity contribution in [3.63, 3.8) is 0 Å². The fraction of sp³-hybridized carbons (Fsp3) is 0.304. The summed E-state index contributed by atoms with van der Waals surface area (Å²) >= 11 is 1.35. The largest absolute Gasteiger partial charge is 0.495 e. The van der Waals surface area contributed by atoms with E-state index >= 15 is 0 Å². The second kappa shape index (κ2) is 10.8. The van der Waals surface area contributed by atoms with E-state index in [1.165, 1.54) is 18.7 Å². The van der Waals surface area contributed by atoms with Gasteiger partial charge in [0.2, 0.25) is 5.91 Å². The fourth-order valence-corrected chi connectivity index (χ4v) is 3.93. The zero-order valence-electron chi connectivity index (χ0n) is 17.9. The number of carbonyl (C=O) groups is 2. The molecule has 0 aliphatic heterocycles. The van der Waals surface area contributed by atoms with E-state index in [2.05, 4.69) is 15.5 Å². The lowest BCUT2D eigenvalue weighted by Crippen LogP contribution is -2.21. The van der Waals surface area contributed by atoms with E-state index in [-0.39, 0.29) is 17.4 Å². The van der Waals surface area contributed by atoms with Gasteiger partial charge in [0, 0.05) is 25.5 Å². The zero-order chi connectivity index (χ0) is 22.2. The minimum Gasteiger partial charge on any atom is -0.495 e. The van der Waals surface area contributed by atoms with Crippen molar-refractivity contribution in [1.29, 1.82) is 0 Å². The number of hydrogen-bond donors (Lipinski definition) is 1. The van der Waals surface area contributed by atoms with Gasteiger partial charge in [0.05, 0.1) is 18.6 Å². The number of aryl methyl sites for hydroxylation is 2. The van der Waals surface area contributed by atoms with E-state index in [0.29, 0.717) is 29.4 Å². The Morgan fingerprint density at radius 3 is 2.55 bits per heavy atom. The van der Waals surface area contributed by atoms with Crippen LogP contribution in [0.5, 0.6) is 5.75 Å². The van der Waals surface area contributed by atoms with Crippen molar-refractivity contribution in [3.05, 3.63) is 65.5 Å². The molecule has 0 aliphatic carbocycles. The molecule has 0 spiro atoms. The Bertz CT molecular complexity index is 1050. The molecule has 3 aromatic rings. The number of rotatable bonds is 10. The predicted molar refractivity (Wildman–Crippen MR) is 121 cm³/mol. The summed E-state index contributed by atoms with van der Waals surface area (Å²) in [5.74, 6) is 1.67. The third-order valence-corrected chi connectivity index (χ3v) is 5.61. The number of carbonyl (C=O) groups excluding carboxylic acids is 2. The maximum Gasteiger partial charge on any atom is 0.216 e. The first-order valence-corrected chi connectivity index (χ1v) is 11.0. The Balaban J connectivity index is 1.82. The number of aromatic nitrogens is 3. The van der Waals surface area contributed by atoms with Crippen molar-refractivity contribution in [3.8, 4) is 11.4 Å². The summed E-state index contributed by atoms with van der Waals surface area (Å²) in [6.45, 7) is 4.05. The van der Waals surface area contributed by atoms with Gasteiger partial charge in [0.1, 0.15) is 11.6 Å². The maximum absolute atomic E-state index is 12.6. The van der Waals surface area contributed by atoms with Crippen LogP contribution in [0.1, 0.15) is 35.1 Å². The fourth-order valence-electron chi connectivity index (χ4n) is 3.08. The van der Waals surface area contributed by atoms with E-state index in [1.54, 1.807) is 7.11 Å². The number of nitrogens with one attached hydrogen (secondary N) is 1. The highest BCUT2D eigenvalue weighted by molar-refractivity contribution is 7.99. The van der Waals surface area contributed by atoms with Gasteiger partial charge in [-0.25, -0.2) is 0 Å². The molecule has 0 radical (unpaired) electrons. The highest BCUT2D eigenvalue weighted by atomic mass is 32.2.